The second kappa shape index (κ2) is 43.5. The van der Waals surface area contributed by atoms with Crippen molar-refractivity contribution in [1.29, 1.82) is 0 Å². The Morgan fingerprint density at radius 1 is 0.596 bits per heavy atom. The van der Waals surface area contributed by atoms with Crippen molar-refractivity contribution in [3.05, 3.63) is 72.9 Å². The van der Waals surface area contributed by atoms with E-state index in [0.29, 0.717) is 12.8 Å². The van der Waals surface area contributed by atoms with Gasteiger partial charge in [0, 0.05) is 13.0 Å². The van der Waals surface area contributed by atoms with Crippen molar-refractivity contribution in [1.82, 2.24) is 5.32 Å². The van der Waals surface area contributed by atoms with Gasteiger partial charge >= 0.3 is 7.82 Å². The highest BCUT2D eigenvalue weighted by Crippen LogP contribution is 2.43. The van der Waals surface area contributed by atoms with Gasteiger partial charge in [-0.05, 0) is 64.2 Å². The molecule has 0 fully saturated rings. The summed E-state index contributed by atoms with van der Waals surface area (Å²) in [6.07, 6.45) is 56.2. The summed E-state index contributed by atoms with van der Waals surface area (Å²) >= 11 is 0. The first-order chi connectivity index (χ1) is 27.9. The molecule has 0 aliphatic carbocycles. The molecule has 0 aliphatic heterocycles. The van der Waals surface area contributed by atoms with Crippen LogP contribution in [-0.4, -0.2) is 47.8 Å². The number of carbonyl (C=O) groups excluding carboxylic acids is 1. The Kier molecular flexibility index (Phi) is 41.9. The first-order valence-corrected chi connectivity index (χ1v) is 24.5. The standard InChI is InChI=1S/C48H87N2O6P/c1-3-5-7-9-11-13-15-17-19-20-21-22-23-24-25-26-28-30-32-34-36-38-40-42-48(52)50-46(45-56-57(53,54)55-44-43-49)47(51)41-39-37-35-33-31-29-27-18-16-14-12-10-8-6-4-2/h5,7,11,13,17,19,21-22,24-25,28,30,46-47,51H,3-4,6,8-10,12,14-16,18,20,23,26-27,29,31-45,49H2,1-2H3,(H,50,52)(H,53,54)/b7-5-,13-11-,19-17-,22-21-,25-24-,30-28-. The lowest BCUT2D eigenvalue weighted by Crippen LogP contribution is -2.46. The van der Waals surface area contributed by atoms with Crippen LogP contribution in [0.25, 0.3) is 0 Å². The Balaban J connectivity index is 4.20. The molecule has 0 aromatic heterocycles. The first-order valence-electron chi connectivity index (χ1n) is 23.1. The molecule has 1 amide bonds. The minimum Gasteiger partial charge on any atom is -0.391 e. The summed E-state index contributed by atoms with van der Waals surface area (Å²) in [5.41, 5.74) is 5.38. The molecule has 0 saturated carbocycles. The lowest BCUT2D eigenvalue weighted by molar-refractivity contribution is -0.123. The molecule has 0 saturated heterocycles. The lowest BCUT2D eigenvalue weighted by atomic mass is 10.0. The third kappa shape index (κ3) is 41.9. The van der Waals surface area contributed by atoms with Crippen LogP contribution in [0.1, 0.15) is 194 Å². The summed E-state index contributed by atoms with van der Waals surface area (Å²) in [5, 5.41) is 13.8. The van der Waals surface area contributed by atoms with Crippen LogP contribution in [0.5, 0.6) is 0 Å². The molecule has 0 rings (SSSR count). The van der Waals surface area contributed by atoms with E-state index in [2.05, 4.69) is 92.1 Å². The molecule has 0 aromatic rings. The molecule has 0 radical (unpaired) electrons. The molecule has 5 N–H and O–H groups in total. The van der Waals surface area contributed by atoms with E-state index in [9.17, 15) is 19.4 Å². The maximum Gasteiger partial charge on any atom is 0.472 e. The number of phosphoric acid groups is 1. The highest BCUT2D eigenvalue weighted by molar-refractivity contribution is 7.47. The summed E-state index contributed by atoms with van der Waals surface area (Å²) in [6, 6.07) is -0.792. The van der Waals surface area contributed by atoms with E-state index in [0.717, 1.165) is 89.9 Å². The Morgan fingerprint density at radius 3 is 1.49 bits per heavy atom. The topological polar surface area (TPSA) is 131 Å². The minimum atomic E-state index is -4.33. The van der Waals surface area contributed by atoms with E-state index in [1.807, 2.05) is 0 Å². The number of nitrogens with two attached hydrogens (primary N) is 1. The van der Waals surface area contributed by atoms with Crippen molar-refractivity contribution in [2.45, 2.75) is 206 Å². The van der Waals surface area contributed by atoms with Crippen molar-refractivity contribution in [3.63, 3.8) is 0 Å². The maximum absolute atomic E-state index is 12.8. The maximum atomic E-state index is 12.8. The van der Waals surface area contributed by atoms with Crippen molar-refractivity contribution < 1.29 is 28.4 Å². The van der Waals surface area contributed by atoms with Gasteiger partial charge in [-0.2, -0.15) is 0 Å². The van der Waals surface area contributed by atoms with Crippen LogP contribution in [0, 0.1) is 0 Å². The number of allylic oxidation sites excluding steroid dienone is 12. The van der Waals surface area contributed by atoms with Crippen LogP contribution in [0.15, 0.2) is 72.9 Å². The number of phosphoric ester groups is 1. The van der Waals surface area contributed by atoms with E-state index in [-0.39, 0.29) is 25.7 Å². The van der Waals surface area contributed by atoms with Crippen LogP contribution in [0.3, 0.4) is 0 Å². The molecule has 0 heterocycles. The first kappa shape index (κ1) is 54.9. The average molecular weight is 819 g/mol. The van der Waals surface area contributed by atoms with Gasteiger partial charge < -0.3 is 21.1 Å². The molecule has 0 spiro atoms. The molecule has 330 valence electrons. The predicted octanol–water partition coefficient (Wildman–Crippen LogP) is 13.2. The molecule has 3 unspecified atom stereocenters. The van der Waals surface area contributed by atoms with E-state index in [4.69, 9.17) is 14.8 Å². The second-order valence-corrected chi connectivity index (χ2v) is 16.7. The summed E-state index contributed by atoms with van der Waals surface area (Å²) in [7, 11) is -4.33. The van der Waals surface area contributed by atoms with Gasteiger partial charge in [-0.3, -0.25) is 13.8 Å². The summed E-state index contributed by atoms with van der Waals surface area (Å²) in [5.74, 6) is -0.188. The molecule has 57 heavy (non-hydrogen) atoms. The van der Waals surface area contributed by atoms with Crippen LogP contribution in [-0.2, 0) is 18.4 Å². The van der Waals surface area contributed by atoms with E-state index >= 15 is 0 Å². The van der Waals surface area contributed by atoms with Crippen LogP contribution >= 0.6 is 7.82 Å². The summed E-state index contributed by atoms with van der Waals surface area (Å²) in [6.45, 7) is 4.07. The number of amides is 1. The zero-order chi connectivity index (χ0) is 41.8. The van der Waals surface area contributed by atoms with Crippen LogP contribution < -0.4 is 11.1 Å². The lowest BCUT2D eigenvalue weighted by Gasteiger charge is -2.25. The van der Waals surface area contributed by atoms with Gasteiger partial charge in [0.15, 0.2) is 0 Å². The Hall–Kier alpha value is -2.06. The second-order valence-electron chi connectivity index (χ2n) is 15.2. The summed E-state index contributed by atoms with van der Waals surface area (Å²) < 4.78 is 22.2. The minimum absolute atomic E-state index is 0.0806. The highest BCUT2D eigenvalue weighted by atomic mass is 31.2. The van der Waals surface area contributed by atoms with Crippen LogP contribution in [0.2, 0.25) is 0 Å². The molecule has 9 heteroatoms. The SMILES string of the molecule is CC/C=C\C/C=C\C/C=C\C/C=C\C/C=C\C/C=C\CCCCCCC(=O)NC(COP(=O)(O)OCCN)C(O)CCCCCCCCCCCCCCCCC. The van der Waals surface area contributed by atoms with Gasteiger partial charge in [0.25, 0.3) is 0 Å². The molecule has 0 bridgehead atoms. The Labute approximate surface area is 350 Å². The normalized spacial score (nSPS) is 14.7. The zero-order valence-corrected chi connectivity index (χ0v) is 37.4. The van der Waals surface area contributed by atoms with Crippen molar-refractivity contribution in [3.8, 4) is 0 Å². The van der Waals surface area contributed by atoms with Gasteiger partial charge in [-0.15, -0.1) is 0 Å². The molecule has 3 atom stereocenters. The van der Waals surface area contributed by atoms with Gasteiger partial charge in [0.05, 0.1) is 25.4 Å². The summed E-state index contributed by atoms with van der Waals surface area (Å²) in [4.78, 5) is 22.8. The number of nitrogens with one attached hydrogen (secondary N) is 1. The molecule has 0 aliphatic rings. The Morgan fingerprint density at radius 2 is 1.02 bits per heavy atom. The van der Waals surface area contributed by atoms with E-state index in [1.54, 1.807) is 0 Å². The fraction of sp³-hybridized carbons (Fsp3) is 0.729. The Bertz CT molecular complexity index is 1120. The monoisotopic (exact) mass is 819 g/mol. The predicted molar refractivity (Wildman–Crippen MR) is 244 cm³/mol. The number of hydrogen-bond acceptors (Lipinski definition) is 6. The fourth-order valence-electron chi connectivity index (χ4n) is 6.37. The third-order valence-electron chi connectivity index (χ3n) is 9.82. The van der Waals surface area contributed by atoms with Crippen LogP contribution in [0.4, 0.5) is 0 Å². The average Bonchev–Trinajstić information content (AvgIpc) is 3.20. The molecular formula is C48H87N2O6P. The van der Waals surface area contributed by atoms with Crippen molar-refractivity contribution >= 4 is 13.7 Å². The van der Waals surface area contributed by atoms with Crippen molar-refractivity contribution in [2.24, 2.45) is 5.73 Å². The molecular weight excluding hydrogens is 732 g/mol. The van der Waals surface area contributed by atoms with Gasteiger partial charge in [-0.1, -0.05) is 196 Å². The number of hydrogen-bond donors (Lipinski definition) is 4. The third-order valence-corrected chi connectivity index (χ3v) is 10.8. The van der Waals surface area contributed by atoms with E-state index < -0.39 is 20.0 Å². The van der Waals surface area contributed by atoms with Gasteiger partial charge in [0.1, 0.15) is 0 Å². The molecule has 0 aromatic carbocycles. The molecule has 8 nitrogen and oxygen atoms in total. The quantitative estimate of drug-likeness (QED) is 0.0274. The largest absolute Gasteiger partial charge is 0.472 e. The van der Waals surface area contributed by atoms with Crippen molar-refractivity contribution in [2.75, 3.05) is 19.8 Å². The smallest absolute Gasteiger partial charge is 0.391 e. The number of rotatable bonds is 42. The van der Waals surface area contributed by atoms with Gasteiger partial charge in [-0.25, -0.2) is 4.57 Å². The number of aliphatic hydroxyl groups excluding tert-OH is 1. The number of aliphatic hydroxyl groups is 1. The fourth-order valence-corrected chi connectivity index (χ4v) is 7.13. The number of carbonyl (C=O) groups is 1. The van der Waals surface area contributed by atoms with E-state index in [1.165, 1.54) is 77.0 Å². The number of unbranched alkanes of at least 4 members (excludes halogenated alkanes) is 18. The highest BCUT2D eigenvalue weighted by Gasteiger charge is 2.27. The zero-order valence-electron chi connectivity index (χ0n) is 36.6. The van der Waals surface area contributed by atoms with Gasteiger partial charge in [0.2, 0.25) is 5.91 Å².